The Labute approximate surface area is 119 Å². The molecule has 2 N–H and O–H groups in total. The summed E-state index contributed by atoms with van der Waals surface area (Å²) in [5.41, 5.74) is 1.53. The molecule has 0 aliphatic rings. The lowest BCUT2D eigenvalue weighted by atomic mass is 10.2. The van der Waals surface area contributed by atoms with Crippen LogP contribution < -0.4 is 5.32 Å². The number of para-hydroxylation sites is 1. The largest absolute Gasteiger partial charge is 0.508 e. The second kappa shape index (κ2) is 5.12. The van der Waals surface area contributed by atoms with Crippen molar-refractivity contribution in [2.24, 2.45) is 0 Å². The van der Waals surface area contributed by atoms with E-state index in [0.717, 1.165) is 0 Å². The zero-order valence-corrected chi connectivity index (χ0v) is 10.8. The second-order valence-corrected chi connectivity index (χ2v) is 4.41. The first-order chi connectivity index (χ1) is 10.1. The van der Waals surface area contributed by atoms with Crippen LogP contribution in [0.1, 0.15) is 5.56 Å². The van der Waals surface area contributed by atoms with Crippen LogP contribution in [0, 0.1) is 10.1 Å². The van der Waals surface area contributed by atoms with Gasteiger partial charge in [-0.1, -0.05) is 18.2 Å². The number of anilines is 1. The van der Waals surface area contributed by atoms with E-state index in [9.17, 15) is 15.2 Å². The van der Waals surface area contributed by atoms with E-state index in [1.807, 2.05) is 6.07 Å². The van der Waals surface area contributed by atoms with Gasteiger partial charge < -0.3 is 14.8 Å². The van der Waals surface area contributed by atoms with Gasteiger partial charge in [-0.15, -0.1) is 0 Å². The van der Waals surface area contributed by atoms with Crippen LogP contribution in [0.4, 0.5) is 11.7 Å². The molecule has 0 spiro atoms. The van der Waals surface area contributed by atoms with Crippen molar-refractivity contribution in [1.29, 1.82) is 0 Å². The Kier molecular flexibility index (Phi) is 3.15. The SMILES string of the molecule is O=[N+]([O-])c1ccc2oc(NCc3ccccc3O)nc2c1. The number of nitro benzene ring substituents is 1. The third-order valence-corrected chi connectivity index (χ3v) is 3.00. The monoisotopic (exact) mass is 285 g/mol. The molecule has 1 aromatic heterocycles. The summed E-state index contributed by atoms with van der Waals surface area (Å²) in [7, 11) is 0. The number of hydrogen-bond donors (Lipinski definition) is 2. The Balaban J connectivity index is 1.82. The molecule has 0 aliphatic heterocycles. The highest BCUT2D eigenvalue weighted by Crippen LogP contribution is 2.24. The van der Waals surface area contributed by atoms with Crippen LogP contribution in [-0.4, -0.2) is 15.0 Å². The molecule has 0 amide bonds. The zero-order chi connectivity index (χ0) is 14.8. The molecule has 1 heterocycles. The Morgan fingerprint density at radius 1 is 1.29 bits per heavy atom. The lowest BCUT2D eigenvalue weighted by Gasteiger charge is -2.03. The van der Waals surface area contributed by atoms with E-state index in [0.29, 0.717) is 23.2 Å². The molecular weight excluding hydrogens is 274 g/mol. The van der Waals surface area contributed by atoms with Crippen molar-refractivity contribution < 1.29 is 14.4 Å². The minimum absolute atomic E-state index is 0.0388. The fourth-order valence-corrected chi connectivity index (χ4v) is 1.94. The van der Waals surface area contributed by atoms with Crippen LogP contribution in [0.15, 0.2) is 46.9 Å². The van der Waals surface area contributed by atoms with Gasteiger partial charge in [-0.05, 0) is 12.1 Å². The Hall–Kier alpha value is -3.09. The molecule has 7 heteroatoms. The number of oxazole rings is 1. The number of phenols is 1. The van der Waals surface area contributed by atoms with E-state index in [4.69, 9.17) is 4.42 Å². The van der Waals surface area contributed by atoms with Crippen LogP contribution in [0.2, 0.25) is 0 Å². The predicted molar refractivity (Wildman–Crippen MR) is 76.1 cm³/mol. The number of nitro groups is 1. The maximum atomic E-state index is 10.7. The fourth-order valence-electron chi connectivity index (χ4n) is 1.94. The molecule has 0 radical (unpaired) electrons. The quantitative estimate of drug-likeness (QED) is 0.564. The van der Waals surface area contributed by atoms with Crippen LogP contribution in [0.3, 0.4) is 0 Å². The Morgan fingerprint density at radius 3 is 2.86 bits per heavy atom. The predicted octanol–water partition coefficient (Wildman–Crippen LogP) is 3.05. The number of nitrogens with zero attached hydrogens (tertiary/aromatic N) is 2. The molecule has 0 atom stereocenters. The summed E-state index contributed by atoms with van der Waals surface area (Å²) in [6.07, 6.45) is 0. The molecule has 7 nitrogen and oxygen atoms in total. The van der Waals surface area contributed by atoms with Gasteiger partial charge in [-0.25, -0.2) is 0 Å². The van der Waals surface area contributed by atoms with Crippen LogP contribution >= 0.6 is 0 Å². The van der Waals surface area contributed by atoms with Gasteiger partial charge in [0, 0.05) is 24.2 Å². The van der Waals surface area contributed by atoms with E-state index < -0.39 is 4.92 Å². The minimum atomic E-state index is -0.483. The van der Waals surface area contributed by atoms with Gasteiger partial charge in [0.25, 0.3) is 11.7 Å². The van der Waals surface area contributed by atoms with Crippen LogP contribution in [0.5, 0.6) is 5.75 Å². The molecule has 3 aromatic rings. The van der Waals surface area contributed by atoms with Gasteiger partial charge in [0.15, 0.2) is 5.58 Å². The van der Waals surface area contributed by atoms with E-state index in [1.165, 1.54) is 18.2 Å². The zero-order valence-electron chi connectivity index (χ0n) is 10.8. The average molecular weight is 285 g/mol. The smallest absolute Gasteiger partial charge is 0.295 e. The van der Waals surface area contributed by atoms with Gasteiger partial charge in [0.05, 0.1) is 4.92 Å². The number of benzene rings is 2. The summed E-state index contributed by atoms with van der Waals surface area (Å²) >= 11 is 0. The Morgan fingerprint density at radius 2 is 2.10 bits per heavy atom. The second-order valence-electron chi connectivity index (χ2n) is 4.41. The lowest BCUT2D eigenvalue weighted by molar-refractivity contribution is -0.384. The van der Waals surface area contributed by atoms with Crippen molar-refractivity contribution in [1.82, 2.24) is 4.98 Å². The lowest BCUT2D eigenvalue weighted by Crippen LogP contribution is -1.99. The van der Waals surface area contributed by atoms with Crippen molar-refractivity contribution in [2.45, 2.75) is 6.54 Å². The topological polar surface area (TPSA) is 101 Å². The summed E-state index contributed by atoms with van der Waals surface area (Å²) in [6.45, 7) is 0.335. The number of nitrogens with one attached hydrogen (secondary N) is 1. The van der Waals surface area contributed by atoms with E-state index >= 15 is 0 Å². The highest BCUT2D eigenvalue weighted by molar-refractivity contribution is 5.77. The molecule has 0 aliphatic carbocycles. The van der Waals surface area contributed by atoms with Crippen molar-refractivity contribution in [3.63, 3.8) is 0 Å². The molecular formula is C14H11N3O4. The van der Waals surface area contributed by atoms with Gasteiger partial charge in [0.1, 0.15) is 11.3 Å². The van der Waals surface area contributed by atoms with E-state index in [1.54, 1.807) is 18.2 Å². The molecule has 106 valence electrons. The average Bonchev–Trinajstić information content (AvgIpc) is 2.88. The van der Waals surface area contributed by atoms with Crippen LogP contribution in [-0.2, 0) is 6.54 Å². The number of non-ortho nitro benzene ring substituents is 1. The standard InChI is InChI=1S/C14H11N3O4/c18-12-4-2-1-3-9(12)8-15-14-16-11-7-10(17(19)20)5-6-13(11)21-14/h1-7,18H,8H2,(H,15,16). The molecule has 0 saturated heterocycles. The van der Waals surface area contributed by atoms with E-state index in [-0.39, 0.29) is 17.5 Å². The summed E-state index contributed by atoms with van der Waals surface area (Å²) in [4.78, 5) is 14.4. The highest BCUT2D eigenvalue weighted by atomic mass is 16.6. The van der Waals surface area contributed by atoms with Crippen molar-refractivity contribution >= 4 is 22.8 Å². The minimum Gasteiger partial charge on any atom is -0.508 e. The van der Waals surface area contributed by atoms with Crippen LogP contribution in [0.25, 0.3) is 11.1 Å². The first-order valence-electron chi connectivity index (χ1n) is 6.19. The van der Waals surface area contributed by atoms with Crippen molar-refractivity contribution in [3.8, 4) is 5.75 Å². The number of phenolic OH excluding ortho intramolecular Hbond substituents is 1. The number of hydrogen-bond acceptors (Lipinski definition) is 6. The molecule has 3 rings (SSSR count). The number of fused-ring (bicyclic) bond motifs is 1. The van der Waals surface area contributed by atoms with Gasteiger partial charge in [-0.3, -0.25) is 10.1 Å². The Bertz CT molecular complexity index is 813. The fraction of sp³-hybridized carbons (Fsp3) is 0.0714. The maximum Gasteiger partial charge on any atom is 0.295 e. The summed E-state index contributed by atoms with van der Waals surface area (Å²) < 4.78 is 5.44. The number of rotatable bonds is 4. The molecule has 2 aromatic carbocycles. The molecule has 0 bridgehead atoms. The maximum absolute atomic E-state index is 10.7. The first kappa shape index (κ1) is 12.9. The van der Waals surface area contributed by atoms with Gasteiger partial charge in [-0.2, -0.15) is 4.98 Å². The van der Waals surface area contributed by atoms with Gasteiger partial charge in [0.2, 0.25) is 0 Å². The first-order valence-corrected chi connectivity index (χ1v) is 6.19. The van der Waals surface area contributed by atoms with Gasteiger partial charge >= 0.3 is 0 Å². The summed E-state index contributed by atoms with van der Waals surface area (Å²) in [5.74, 6) is 0.178. The molecule has 0 fully saturated rings. The molecule has 0 unspecified atom stereocenters. The molecule has 21 heavy (non-hydrogen) atoms. The summed E-state index contributed by atoms with van der Waals surface area (Å²) in [6, 6.07) is 11.4. The highest BCUT2D eigenvalue weighted by Gasteiger charge is 2.11. The van der Waals surface area contributed by atoms with Crippen molar-refractivity contribution in [3.05, 3.63) is 58.1 Å². The normalized spacial score (nSPS) is 10.7. The molecule has 0 saturated carbocycles. The third-order valence-electron chi connectivity index (χ3n) is 3.00. The number of aromatic nitrogens is 1. The number of aromatic hydroxyl groups is 1. The third kappa shape index (κ3) is 2.62. The van der Waals surface area contributed by atoms with E-state index in [2.05, 4.69) is 10.3 Å². The van der Waals surface area contributed by atoms with Crippen molar-refractivity contribution in [2.75, 3.05) is 5.32 Å². The summed E-state index contributed by atoms with van der Waals surface area (Å²) in [5, 5.41) is 23.3.